The molecule has 4 unspecified atom stereocenters. The standard InChI is InChI=1S/C14H30N2/c1-6-8-15-14(7-2)12(4)16(5)10-13-9-11(13)3/h11-15H,6-10H2,1-5H3. The summed E-state index contributed by atoms with van der Waals surface area (Å²) in [6.07, 6.45) is 3.90. The molecule has 0 amide bonds. The zero-order chi connectivity index (χ0) is 12.1. The van der Waals surface area contributed by atoms with E-state index < -0.39 is 0 Å². The molecule has 0 spiro atoms. The molecule has 1 saturated carbocycles. The molecule has 0 aromatic rings. The summed E-state index contributed by atoms with van der Waals surface area (Å²) in [4.78, 5) is 2.55. The quantitative estimate of drug-likeness (QED) is 0.684. The van der Waals surface area contributed by atoms with E-state index in [9.17, 15) is 0 Å². The third kappa shape index (κ3) is 4.06. The van der Waals surface area contributed by atoms with E-state index in [2.05, 4.69) is 45.0 Å². The molecule has 0 radical (unpaired) electrons. The minimum Gasteiger partial charge on any atom is -0.312 e. The van der Waals surface area contributed by atoms with Crippen LogP contribution < -0.4 is 5.32 Å². The average molecular weight is 226 g/mol. The Labute approximate surface area is 102 Å². The predicted octanol–water partition coefficient (Wildman–Crippen LogP) is 2.74. The van der Waals surface area contributed by atoms with Gasteiger partial charge in [-0.2, -0.15) is 0 Å². The molecule has 1 rings (SSSR count). The van der Waals surface area contributed by atoms with Gasteiger partial charge in [0.05, 0.1) is 0 Å². The third-order valence-corrected chi connectivity index (χ3v) is 4.17. The highest BCUT2D eigenvalue weighted by Gasteiger charge is 2.34. The van der Waals surface area contributed by atoms with Gasteiger partial charge in [-0.15, -0.1) is 0 Å². The molecule has 0 aromatic carbocycles. The van der Waals surface area contributed by atoms with Crippen molar-refractivity contribution in [3.63, 3.8) is 0 Å². The lowest BCUT2D eigenvalue weighted by atomic mass is 10.1. The minimum atomic E-state index is 0.652. The highest BCUT2D eigenvalue weighted by Crippen LogP contribution is 2.38. The van der Waals surface area contributed by atoms with Gasteiger partial charge < -0.3 is 10.2 Å². The number of likely N-dealkylation sites (N-methyl/N-ethyl adjacent to an activating group) is 1. The minimum absolute atomic E-state index is 0.652. The highest BCUT2D eigenvalue weighted by molar-refractivity contribution is 4.87. The van der Waals surface area contributed by atoms with Gasteiger partial charge in [-0.25, -0.2) is 0 Å². The zero-order valence-corrected chi connectivity index (χ0v) is 11.8. The van der Waals surface area contributed by atoms with E-state index >= 15 is 0 Å². The van der Waals surface area contributed by atoms with Crippen LogP contribution in [-0.4, -0.2) is 37.1 Å². The van der Waals surface area contributed by atoms with Gasteiger partial charge >= 0.3 is 0 Å². The summed E-state index contributed by atoms with van der Waals surface area (Å²) < 4.78 is 0. The first-order chi connectivity index (χ1) is 7.60. The van der Waals surface area contributed by atoms with Crippen molar-refractivity contribution >= 4 is 0 Å². The molecule has 0 heterocycles. The maximum Gasteiger partial charge on any atom is 0.0218 e. The molecular formula is C14H30N2. The second kappa shape index (κ2) is 6.61. The normalized spacial score (nSPS) is 28.1. The van der Waals surface area contributed by atoms with E-state index in [-0.39, 0.29) is 0 Å². The number of hydrogen-bond donors (Lipinski definition) is 1. The Bertz CT molecular complexity index is 193. The topological polar surface area (TPSA) is 15.3 Å². The van der Waals surface area contributed by atoms with Crippen LogP contribution in [0.5, 0.6) is 0 Å². The molecule has 0 aliphatic heterocycles. The monoisotopic (exact) mass is 226 g/mol. The summed E-state index contributed by atoms with van der Waals surface area (Å²) in [6, 6.07) is 1.31. The van der Waals surface area contributed by atoms with Gasteiger partial charge in [0, 0.05) is 18.6 Å². The lowest BCUT2D eigenvalue weighted by molar-refractivity contribution is 0.193. The summed E-state index contributed by atoms with van der Waals surface area (Å²) in [5.74, 6) is 1.94. The van der Waals surface area contributed by atoms with Gasteiger partial charge in [-0.05, 0) is 51.6 Å². The third-order valence-electron chi connectivity index (χ3n) is 4.17. The van der Waals surface area contributed by atoms with Crippen molar-refractivity contribution in [1.29, 1.82) is 0 Å². The first-order valence-electron chi connectivity index (χ1n) is 7.03. The van der Waals surface area contributed by atoms with Gasteiger partial charge in [0.1, 0.15) is 0 Å². The molecule has 1 aliphatic carbocycles. The van der Waals surface area contributed by atoms with Crippen LogP contribution in [0.15, 0.2) is 0 Å². The van der Waals surface area contributed by atoms with Gasteiger partial charge in [0.2, 0.25) is 0 Å². The predicted molar refractivity (Wildman–Crippen MR) is 71.7 cm³/mol. The van der Waals surface area contributed by atoms with Crippen LogP contribution in [0.3, 0.4) is 0 Å². The van der Waals surface area contributed by atoms with E-state index in [1.54, 1.807) is 0 Å². The Balaban J connectivity index is 2.30. The number of hydrogen-bond acceptors (Lipinski definition) is 2. The molecule has 2 heteroatoms. The fourth-order valence-corrected chi connectivity index (χ4v) is 2.48. The van der Waals surface area contributed by atoms with E-state index in [0.29, 0.717) is 12.1 Å². The zero-order valence-electron chi connectivity index (χ0n) is 11.8. The second-order valence-corrected chi connectivity index (χ2v) is 5.62. The molecule has 96 valence electrons. The van der Waals surface area contributed by atoms with Crippen LogP contribution >= 0.6 is 0 Å². The molecule has 2 nitrogen and oxygen atoms in total. The average Bonchev–Trinajstić information content (AvgIpc) is 2.95. The first kappa shape index (κ1) is 14.0. The Morgan fingerprint density at radius 3 is 2.44 bits per heavy atom. The molecule has 4 atom stereocenters. The fraction of sp³-hybridized carbons (Fsp3) is 1.00. The molecule has 1 fully saturated rings. The lowest BCUT2D eigenvalue weighted by Crippen LogP contribution is -2.47. The molecule has 0 aromatic heterocycles. The Kier molecular flexibility index (Phi) is 5.77. The van der Waals surface area contributed by atoms with Crippen molar-refractivity contribution < 1.29 is 0 Å². The first-order valence-corrected chi connectivity index (χ1v) is 7.03. The largest absolute Gasteiger partial charge is 0.312 e. The molecule has 16 heavy (non-hydrogen) atoms. The summed E-state index contributed by atoms with van der Waals surface area (Å²) in [5, 5.41) is 3.66. The Morgan fingerprint density at radius 2 is 2.00 bits per heavy atom. The van der Waals surface area contributed by atoms with Gasteiger partial charge in [0.25, 0.3) is 0 Å². The highest BCUT2D eigenvalue weighted by atomic mass is 15.2. The number of nitrogens with one attached hydrogen (secondary N) is 1. The van der Waals surface area contributed by atoms with Crippen molar-refractivity contribution in [3.05, 3.63) is 0 Å². The number of rotatable bonds is 8. The van der Waals surface area contributed by atoms with E-state index in [1.807, 2.05) is 0 Å². The Morgan fingerprint density at radius 1 is 1.38 bits per heavy atom. The van der Waals surface area contributed by atoms with Crippen LogP contribution in [0, 0.1) is 11.8 Å². The van der Waals surface area contributed by atoms with Crippen LogP contribution in [-0.2, 0) is 0 Å². The van der Waals surface area contributed by atoms with E-state index in [4.69, 9.17) is 0 Å². The fourth-order valence-electron chi connectivity index (χ4n) is 2.48. The van der Waals surface area contributed by atoms with E-state index in [1.165, 1.54) is 25.8 Å². The summed E-state index contributed by atoms with van der Waals surface area (Å²) >= 11 is 0. The maximum absolute atomic E-state index is 3.66. The van der Waals surface area contributed by atoms with Gasteiger partial charge in [0.15, 0.2) is 0 Å². The van der Waals surface area contributed by atoms with Crippen LogP contribution in [0.1, 0.15) is 47.0 Å². The van der Waals surface area contributed by atoms with Crippen molar-refractivity contribution in [1.82, 2.24) is 10.2 Å². The van der Waals surface area contributed by atoms with Crippen molar-refractivity contribution in [3.8, 4) is 0 Å². The molecule has 0 saturated heterocycles. The maximum atomic E-state index is 3.66. The number of nitrogens with zero attached hydrogens (tertiary/aromatic N) is 1. The van der Waals surface area contributed by atoms with Gasteiger partial charge in [-0.3, -0.25) is 0 Å². The van der Waals surface area contributed by atoms with Crippen molar-refractivity contribution in [2.24, 2.45) is 11.8 Å². The van der Waals surface area contributed by atoms with Crippen LogP contribution in [0.25, 0.3) is 0 Å². The van der Waals surface area contributed by atoms with Crippen molar-refractivity contribution in [2.75, 3.05) is 20.1 Å². The summed E-state index contributed by atoms with van der Waals surface area (Å²) in [5.41, 5.74) is 0. The van der Waals surface area contributed by atoms with E-state index in [0.717, 1.165) is 18.4 Å². The smallest absolute Gasteiger partial charge is 0.0218 e. The van der Waals surface area contributed by atoms with Crippen LogP contribution in [0.2, 0.25) is 0 Å². The molecular weight excluding hydrogens is 196 g/mol. The molecule has 0 bridgehead atoms. The lowest BCUT2D eigenvalue weighted by Gasteiger charge is -2.32. The second-order valence-electron chi connectivity index (χ2n) is 5.62. The summed E-state index contributed by atoms with van der Waals surface area (Å²) in [7, 11) is 2.28. The van der Waals surface area contributed by atoms with Gasteiger partial charge in [-0.1, -0.05) is 20.8 Å². The Hall–Kier alpha value is -0.0800. The van der Waals surface area contributed by atoms with Crippen LogP contribution in [0.4, 0.5) is 0 Å². The summed E-state index contributed by atoms with van der Waals surface area (Å²) in [6.45, 7) is 11.7. The molecule has 1 N–H and O–H groups in total. The van der Waals surface area contributed by atoms with Crippen molar-refractivity contribution in [2.45, 2.75) is 59.0 Å². The SMILES string of the molecule is CCCNC(CC)C(C)N(C)CC1CC1C. The molecule has 1 aliphatic rings.